The minimum absolute atomic E-state index is 0.0340. The molecule has 9 heteroatoms. The predicted octanol–water partition coefficient (Wildman–Crippen LogP) is 3.43. The van der Waals surface area contributed by atoms with Crippen LogP contribution in [0, 0.1) is 0 Å². The molecule has 0 unspecified atom stereocenters. The molecule has 0 spiro atoms. The number of thiophene rings is 1. The largest absolute Gasteiger partial charge is 0.502 e. The minimum atomic E-state index is -0.599. The first-order valence-corrected chi connectivity index (χ1v) is 12.0. The Balaban J connectivity index is 1.49. The molecular weight excluding hydrogens is 456 g/mol. The summed E-state index contributed by atoms with van der Waals surface area (Å²) >= 11 is 1.47. The number of hydrogen-bond acceptors (Lipinski definition) is 9. The third-order valence-electron chi connectivity index (χ3n) is 6.05. The number of methoxy groups -OCH3 is 2. The Kier molecular flexibility index (Phi) is 7.54. The van der Waals surface area contributed by atoms with E-state index in [1.807, 2.05) is 41.1 Å². The van der Waals surface area contributed by atoms with E-state index in [9.17, 15) is 14.7 Å². The Labute approximate surface area is 201 Å². The van der Waals surface area contributed by atoms with Crippen molar-refractivity contribution in [2.75, 3.05) is 45.3 Å². The van der Waals surface area contributed by atoms with Crippen LogP contribution in [-0.2, 0) is 16.1 Å². The number of anilines is 1. The number of nitrogens with zero attached hydrogens (tertiary/aromatic N) is 2. The molecule has 0 saturated carbocycles. The summed E-state index contributed by atoms with van der Waals surface area (Å²) in [6.45, 7) is 3.69. The van der Waals surface area contributed by atoms with Gasteiger partial charge in [-0.05, 0) is 46.7 Å². The van der Waals surface area contributed by atoms with Gasteiger partial charge in [0.25, 0.3) is 0 Å². The molecule has 1 atom stereocenters. The SMILES string of the molecule is COC(=O)C[C@H](c1ccsc1)c1oc(CN2CCN(c3ccc(OC)cc3)CC2)cc(=O)c1O. The van der Waals surface area contributed by atoms with E-state index < -0.39 is 23.1 Å². The molecule has 1 fully saturated rings. The van der Waals surface area contributed by atoms with Crippen molar-refractivity contribution >= 4 is 23.0 Å². The van der Waals surface area contributed by atoms with Crippen LogP contribution in [0.3, 0.4) is 0 Å². The highest BCUT2D eigenvalue weighted by Gasteiger charge is 2.27. The van der Waals surface area contributed by atoms with Gasteiger partial charge in [0.15, 0.2) is 5.76 Å². The summed E-state index contributed by atoms with van der Waals surface area (Å²) in [6, 6.07) is 11.2. The van der Waals surface area contributed by atoms with Crippen molar-refractivity contribution in [1.82, 2.24) is 4.90 Å². The third kappa shape index (κ3) is 5.43. The summed E-state index contributed by atoms with van der Waals surface area (Å²) in [5.74, 6) is -0.123. The van der Waals surface area contributed by atoms with Gasteiger partial charge in [-0.1, -0.05) is 0 Å². The van der Waals surface area contributed by atoms with Crippen molar-refractivity contribution in [3.63, 3.8) is 0 Å². The van der Waals surface area contributed by atoms with E-state index in [2.05, 4.69) is 9.80 Å². The molecule has 4 rings (SSSR count). The van der Waals surface area contributed by atoms with Crippen LogP contribution in [0.25, 0.3) is 0 Å². The molecule has 0 bridgehead atoms. The summed E-state index contributed by atoms with van der Waals surface area (Å²) in [5, 5.41) is 14.2. The highest BCUT2D eigenvalue weighted by molar-refractivity contribution is 7.08. The van der Waals surface area contributed by atoms with Crippen LogP contribution in [0.2, 0.25) is 0 Å². The van der Waals surface area contributed by atoms with Crippen molar-refractivity contribution in [3.8, 4) is 11.5 Å². The van der Waals surface area contributed by atoms with Crippen molar-refractivity contribution < 1.29 is 23.8 Å². The van der Waals surface area contributed by atoms with E-state index in [0.29, 0.717) is 12.3 Å². The zero-order valence-corrected chi connectivity index (χ0v) is 20.0. The Morgan fingerprint density at radius 1 is 1.15 bits per heavy atom. The van der Waals surface area contributed by atoms with Gasteiger partial charge in [-0.15, -0.1) is 0 Å². The van der Waals surface area contributed by atoms with Crippen molar-refractivity contribution in [2.24, 2.45) is 0 Å². The molecule has 1 saturated heterocycles. The molecule has 180 valence electrons. The van der Waals surface area contributed by atoms with Gasteiger partial charge in [0.05, 0.1) is 33.1 Å². The second kappa shape index (κ2) is 10.8. The standard InChI is InChI=1S/C25H28N2O6S/c1-31-19-5-3-18(4-6-19)27-10-8-26(9-11-27)15-20-13-22(28)24(30)25(33-20)21(14-23(29)32-2)17-7-12-34-16-17/h3-7,12-13,16,21,30H,8-11,14-15H2,1-2H3/t21-/m1/s1. The Hall–Kier alpha value is -3.30. The maximum atomic E-state index is 12.6. The van der Waals surface area contributed by atoms with Crippen molar-refractivity contribution in [2.45, 2.75) is 18.9 Å². The normalized spacial score (nSPS) is 15.2. The second-order valence-corrected chi connectivity index (χ2v) is 8.92. The van der Waals surface area contributed by atoms with Crippen LogP contribution < -0.4 is 15.1 Å². The van der Waals surface area contributed by atoms with Crippen LogP contribution in [0.4, 0.5) is 5.69 Å². The number of carbonyl (C=O) groups excluding carboxylic acids is 1. The topological polar surface area (TPSA) is 92.5 Å². The first-order valence-electron chi connectivity index (χ1n) is 11.0. The zero-order valence-electron chi connectivity index (χ0n) is 19.2. The van der Waals surface area contributed by atoms with E-state index >= 15 is 0 Å². The Morgan fingerprint density at radius 3 is 2.50 bits per heavy atom. The molecule has 0 amide bonds. The fraction of sp³-hybridized carbons (Fsp3) is 0.360. The second-order valence-electron chi connectivity index (χ2n) is 8.14. The highest BCUT2D eigenvalue weighted by Crippen LogP contribution is 2.34. The Bertz CT molecular complexity index is 1150. The summed E-state index contributed by atoms with van der Waals surface area (Å²) in [6.07, 6.45) is -0.0340. The van der Waals surface area contributed by atoms with Gasteiger partial charge < -0.3 is 23.9 Å². The molecule has 0 radical (unpaired) electrons. The first-order chi connectivity index (χ1) is 16.5. The Morgan fingerprint density at radius 2 is 1.88 bits per heavy atom. The number of benzene rings is 1. The number of rotatable bonds is 8. The monoisotopic (exact) mass is 484 g/mol. The fourth-order valence-corrected chi connectivity index (χ4v) is 4.85. The van der Waals surface area contributed by atoms with E-state index in [4.69, 9.17) is 13.9 Å². The van der Waals surface area contributed by atoms with Crippen LogP contribution in [0.5, 0.6) is 11.5 Å². The van der Waals surface area contributed by atoms with E-state index in [1.54, 1.807) is 7.11 Å². The van der Waals surface area contributed by atoms with Crippen LogP contribution in [-0.4, -0.2) is 56.4 Å². The molecule has 2 aromatic heterocycles. The minimum Gasteiger partial charge on any atom is -0.502 e. The molecule has 8 nitrogen and oxygen atoms in total. The van der Waals surface area contributed by atoms with E-state index in [1.165, 1.54) is 24.5 Å². The van der Waals surface area contributed by atoms with Crippen LogP contribution >= 0.6 is 11.3 Å². The average molecular weight is 485 g/mol. The number of aromatic hydroxyl groups is 1. The molecule has 3 heterocycles. The number of esters is 1. The van der Waals surface area contributed by atoms with Crippen molar-refractivity contribution in [1.29, 1.82) is 0 Å². The van der Waals surface area contributed by atoms with Crippen molar-refractivity contribution in [3.05, 3.63) is 74.5 Å². The molecule has 1 aromatic carbocycles. The lowest BCUT2D eigenvalue weighted by Gasteiger charge is -2.36. The van der Waals surface area contributed by atoms with Gasteiger partial charge in [0, 0.05) is 37.9 Å². The van der Waals surface area contributed by atoms with Gasteiger partial charge in [-0.3, -0.25) is 14.5 Å². The lowest BCUT2D eigenvalue weighted by molar-refractivity contribution is -0.140. The average Bonchev–Trinajstić information content (AvgIpc) is 3.40. The lowest BCUT2D eigenvalue weighted by atomic mass is 9.94. The maximum Gasteiger partial charge on any atom is 0.306 e. The summed E-state index contributed by atoms with van der Waals surface area (Å²) in [4.78, 5) is 29.1. The molecular formula is C25H28N2O6S. The van der Waals surface area contributed by atoms with Gasteiger partial charge in [0.1, 0.15) is 11.5 Å². The third-order valence-corrected chi connectivity index (χ3v) is 6.75. The van der Waals surface area contributed by atoms with Crippen LogP contribution in [0.15, 0.2) is 56.4 Å². The van der Waals surface area contributed by atoms with Gasteiger partial charge in [0.2, 0.25) is 11.2 Å². The van der Waals surface area contributed by atoms with E-state index in [-0.39, 0.29) is 12.2 Å². The number of hydrogen-bond donors (Lipinski definition) is 1. The van der Waals surface area contributed by atoms with Gasteiger partial charge in [-0.25, -0.2) is 0 Å². The molecule has 1 aliphatic rings. The molecule has 3 aromatic rings. The molecule has 34 heavy (non-hydrogen) atoms. The first kappa shape index (κ1) is 23.8. The number of carbonyl (C=O) groups is 1. The fourth-order valence-electron chi connectivity index (χ4n) is 4.13. The quantitative estimate of drug-likeness (QED) is 0.486. The molecule has 0 aliphatic carbocycles. The number of ether oxygens (including phenoxy) is 2. The summed E-state index contributed by atoms with van der Waals surface area (Å²) in [7, 11) is 2.96. The van der Waals surface area contributed by atoms with Gasteiger partial charge >= 0.3 is 5.97 Å². The summed E-state index contributed by atoms with van der Waals surface area (Å²) < 4.78 is 16.1. The number of piperazine rings is 1. The van der Waals surface area contributed by atoms with E-state index in [0.717, 1.165) is 43.2 Å². The lowest BCUT2D eigenvalue weighted by Crippen LogP contribution is -2.46. The van der Waals surface area contributed by atoms with Gasteiger partial charge in [-0.2, -0.15) is 11.3 Å². The predicted molar refractivity (Wildman–Crippen MR) is 130 cm³/mol. The highest BCUT2D eigenvalue weighted by atomic mass is 32.1. The zero-order chi connectivity index (χ0) is 24.1. The summed E-state index contributed by atoms with van der Waals surface area (Å²) in [5.41, 5.74) is 1.41. The smallest absolute Gasteiger partial charge is 0.306 e. The molecule has 1 N–H and O–H groups in total. The maximum absolute atomic E-state index is 12.6. The van der Waals surface area contributed by atoms with Crippen LogP contribution in [0.1, 0.15) is 29.4 Å². The molecule has 1 aliphatic heterocycles.